The number of hydrogen-bond acceptors (Lipinski definition) is 4. The smallest absolute Gasteiger partial charge is 0.240 e. The second-order valence-corrected chi connectivity index (χ2v) is 6.98. The van der Waals surface area contributed by atoms with Crippen molar-refractivity contribution in [2.45, 2.75) is 37.2 Å². The van der Waals surface area contributed by atoms with Crippen molar-refractivity contribution in [3.8, 4) is 0 Å². The van der Waals surface area contributed by atoms with E-state index in [1.54, 1.807) is 13.1 Å². The lowest BCUT2D eigenvalue weighted by Gasteiger charge is -2.13. The van der Waals surface area contributed by atoms with E-state index in [0.29, 0.717) is 12.0 Å². The van der Waals surface area contributed by atoms with Crippen LogP contribution in [0.2, 0.25) is 0 Å². The summed E-state index contributed by atoms with van der Waals surface area (Å²) in [6.07, 6.45) is 0.863. The molecular formula is C14H20N2O4S. The highest BCUT2D eigenvalue weighted by Crippen LogP contribution is 2.29. The summed E-state index contributed by atoms with van der Waals surface area (Å²) >= 11 is 0. The Kier molecular flexibility index (Phi) is 4.65. The highest BCUT2D eigenvalue weighted by atomic mass is 32.2. The zero-order chi connectivity index (χ0) is 15.6. The number of nitrogens with one attached hydrogen (secondary N) is 1. The summed E-state index contributed by atoms with van der Waals surface area (Å²) < 4.78 is 26.8. The molecule has 2 N–H and O–H groups in total. The Hall–Kier alpha value is -1.44. The van der Waals surface area contributed by atoms with Crippen LogP contribution in [0.3, 0.4) is 0 Å². The predicted octanol–water partition coefficient (Wildman–Crippen LogP) is 0.645. The lowest BCUT2D eigenvalue weighted by atomic mass is 10.2. The molecule has 1 unspecified atom stereocenters. The van der Waals surface area contributed by atoms with Gasteiger partial charge in [-0.1, -0.05) is 13.3 Å². The van der Waals surface area contributed by atoms with E-state index in [0.717, 1.165) is 12.1 Å². The number of anilines is 1. The zero-order valence-electron chi connectivity index (χ0n) is 12.2. The standard InChI is InChI=1S/C14H20N2O4S/c1-3-4-11(17)9-15-21(19,20)12-5-6-13-10(7-12)8-14(18)16(13)2/h5-7,11,15,17H,3-4,8-9H2,1-2H3. The first-order valence-electron chi connectivity index (χ1n) is 6.92. The molecule has 1 amide bonds. The minimum atomic E-state index is -3.67. The van der Waals surface area contributed by atoms with Gasteiger partial charge in [-0.05, 0) is 30.2 Å². The molecule has 2 rings (SSSR count). The topological polar surface area (TPSA) is 86.7 Å². The van der Waals surface area contributed by atoms with Gasteiger partial charge < -0.3 is 10.0 Å². The van der Waals surface area contributed by atoms with Crippen LogP contribution in [0.25, 0.3) is 0 Å². The summed E-state index contributed by atoms with van der Waals surface area (Å²) in [6, 6.07) is 4.63. The summed E-state index contributed by atoms with van der Waals surface area (Å²) in [5.74, 6) is -0.0501. The maximum Gasteiger partial charge on any atom is 0.240 e. The number of aliphatic hydroxyl groups excluding tert-OH is 1. The van der Waals surface area contributed by atoms with E-state index in [1.807, 2.05) is 6.92 Å². The van der Waals surface area contributed by atoms with E-state index in [9.17, 15) is 18.3 Å². The Morgan fingerprint density at radius 1 is 1.43 bits per heavy atom. The van der Waals surface area contributed by atoms with Crippen molar-refractivity contribution >= 4 is 21.6 Å². The molecule has 0 aliphatic carbocycles. The van der Waals surface area contributed by atoms with Gasteiger partial charge in [-0.25, -0.2) is 13.1 Å². The fourth-order valence-corrected chi connectivity index (χ4v) is 3.46. The number of rotatable bonds is 6. The van der Waals surface area contributed by atoms with Gasteiger partial charge in [0.25, 0.3) is 0 Å². The largest absolute Gasteiger partial charge is 0.392 e. The normalized spacial score (nSPS) is 16.1. The number of hydrogen-bond donors (Lipinski definition) is 2. The number of benzene rings is 1. The van der Waals surface area contributed by atoms with E-state index < -0.39 is 16.1 Å². The predicted molar refractivity (Wildman–Crippen MR) is 79.7 cm³/mol. The van der Waals surface area contributed by atoms with Crippen molar-refractivity contribution < 1.29 is 18.3 Å². The summed E-state index contributed by atoms with van der Waals surface area (Å²) in [7, 11) is -2.00. The van der Waals surface area contributed by atoms with Crippen LogP contribution in [-0.4, -0.2) is 39.1 Å². The third-order valence-electron chi connectivity index (χ3n) is 3.57. The number of fused-ring (bicyclic) bond motifs is 1. The highest BCUT2D eigenvalue weighted by molar-refractivity contribution is 7.89. The molecule has 0 aromatic heterocycles. The van der Waals surface area contributed by atoms with Crippen LogP contribution in [-0.2, 0) is 21.2 Å². The molecule has 1 aromatic carbocycles. The second kappa shape index (κ2) is 6.13. The second-order valence-electron chi connectivity index (χ2n) is 5.21. The molecule has 0 saturated heterocycles. The Labute approximate surface area is 124 Å². The maximum absolute atomic E-state index is 12.2. The van der Waals surface area contributed by atoms with Gasteiger partial charge >= 0.3 is 0 Å². The third-order valence-corrected chi connectivity index (χ3v) is 4.99. The maximum atomic E-state index is 12.2. The van der Waals surface area contributed by atoms with Crippen LogP contribution < -0.4 is 9.62 Å². The van der Waals surface area contributed by atoms with Crippen molar-refractivity contribution in [1.82, 2.24) is 4.72 Å². The van der Waals surface area contributed by atoms with Gasteiger partial charge in [-0.2, -0.15) is 0 Å². The van der Waals surface area contributed by atoms with E-state index in [4.69, 9.17) is 0 Å². The number of carbonyl (C=O) groups is 1. The number of nitrogens with zero attached hydrogens (tertiary/aromatic N) is 1. The molecule has 0 radical (unpaired) electrons. The first-order valence-corrected chi connectivity index (χ1v) is 8.40. The summed E-state index contributed by atoms with van der Waals surface area (Å²) in [4.78, 5) is 13.2. The van der Waals surface area contributed by atoms with Crippen LogP contribution in [0.4, 0.5) is 5.69 Å². The first-order chi connectivity index (χ1) is 9.85. The molecule has 1 aliphatic heterocycles. The quantitative estimate of drug-likeness (QED) is 0.807. The highest BCUT2D eigenvalue weighted by Gasteiger charge is 2.26. The van der Waals surface area contributed by atoms with Crippen LogP contribution in [0, 0.1) is 0 Å². The van der Waals surface area contributed by atoms with E-state index >= 15 is 0 Å². The average molecular weight is 312 g/mol. The molecule has 6 nitrogen and oxygen atoms in total. The van der Waals surface area contributed by atoms with E-state index in [1.165, 1.54) is 17.0 Å². The summed E-state index contributed by atoms with van der Waals surface area (Å²) in [5.41, 5.74) is 1.45. The SMILES string of the molecule is CCCC(O)CNS(=O)(=O)c1ccc2c(c1)CC(=O)N2C. The minimum absolute atomic E-state index is 0.00785. The average Bonchev–Trinajstić information content (AvgIpc) is 2.72. The van der Waals surface area contributed by atoms with Crippen LogP contribution in [0.15, 0.2) is 23.1 Å². The van der Waals surface area contributed by atoms with Crippen molar-refractivity contribution in [1.29, 1.82) is 0 Å². The molecule has 0 fully saturated rings. The minimum Gasteiger partial charge on any atom is -0.392 e. The fraction of sp³-hybridized carbons (Fsp3) is 0.500. The first kappa shape index (κ1) is 15.9. The van der Waals surface area contributed by atoms with Gasteiger partial charge in [0.15, 0.2) is 0 Å². The monoisotopic (exact) mass is 312 g/mol. The Balaban J connectivity index is 2.15. The van der Waals surface area contributed by atoms with Gasteiger partial charge in [0.05, 0.1) is 17.4 Å². The van der Waals surface area contributed by atoms with E-state index in [2.05, 4.69) is 4.72 Å². The fourth-order valence-electron chi connectivity index (χ4n) is 2.34. The summed E-state index contributed by atoms with van der Waals surface area (Å²) in [6.45, 7) is 1.91. The number of likely N-dealkylation sites (N-methyl/N-ethyl adjacent to an activating group) is 1. The molecule has 7 heteroatoms. The third kappa shape index (κ3) is 3.42. The molecule has 1 heterocycles. The van der Waals surface area contributed by atoms with Gasteiger partial charge in [-0.15, -0.1) is 0 Å². The molecule has 1 aliphatic rings. The molecule has 21 heavy (non-hydrogen) atoms. The van der Waals surface area contributed by atoms with Crippen molar-refractivity contribution in [2.75, 3.05) is 18.5 Å². The van der Waals surface area contributed by atoms with Gasteiger partial charge in [0.1, 0.15) is 0 Å². The molecular weight excluding hydrogens is 292 g/mol. The summed E-state index contributed by atoms with van der Waals surface area (Å²) in [5, 5.41) is 9.61. The Bertz CT molecular complexity index is 642. The number of aliphatic hydroxyl groups is 1. The van der Waals surface area contributed by atoms with Crippen molar-refractivity contribution in [2.24, 2.45) is 0 Å². The van der Waals surface area contributed by atoms with Crippen molar-refractivity contribution in [3.63, 3.8) is 0 Å². The molecule has 0 saturated carbocycles. The Morgan fingerprint density at radius 2 is 2.14 bits per heavy atom. The van der Waals surface area contributed by atoms with E-state index in [-0.39, 0.29) is 23.8 Å². The lowest BCUT2D eigenvalue weighted by molar-refractivity contribution is -0.117. The number of carbonyl (C=O) groups excluding carboxylic acids is 1. The molecule has 116 valence electrons. The molecule has 1 aromatic rings. The van der Waals surface area contributed by atoms with Gasteiger partial charge in [0.2, 0.25) is 15.9 Å². The zero-order valence-corrected chi connectivity index (χ0v) is 13.0. The van der Waals surface area contributed by atoms with Gasteiger partial charge in [-0.3, -0.25) is 4.79 Å². The number of sulfonamides is 1. The van der Waals surface area contributed by atoms with Crippen LogP contribution >= 0.6 is 0 Å². The number of amides is 1. The van der Waals surface area contributed by atoms with Gasteiger partial charge in [0, 0.05) is 19.3 Å². The Morgan fingerprint density at radius 3 is 2.81 bits per heavy atom. The van der Waals surface area contributed by atoms with Crippen LogP contribution in [0.5, 0.6) is 0 Å². The molecule has 0 bridgehead atoms. The molecule has 0 spiro atoms. The van der Waals surface area contributed by atoms with Crippen molar-refractivity contribution in [3.05, 3.63) is 23.8 Å². The molecule has 1 atom stereocenters. The van der Waals surface area contributed by atoms with Crippen LogP contribution in [0.1, 0.15) is 25.3 Å². The lowest BCUT2D eigenvalue weighted by Crippen LogP contribution is -2.32.